The first kappa shape index (κ1) is 27.6. The van der Waals surface area contributed by atoms with Crippen molar-refractivity contribution in [2.45, 2.75) is 19.8 Å². The maximum absolute atomic E-state index is 13.0. The fourth-order valence-electron chi connectivity index (χ4n) is 3.32. The highest BCUT2D eigenvalue weighted by Gasteiger charge is 2.31. The van der Waals surface area contributed by atoms with Crippen LogP contribution in [0.15, 0.2) is 52.8 Å². The number of aromatic nitrogens is 1. The van der Waals surface area contributed by atoms with Crippen LogP contribution in [-0.4, -0.2) is 50.2 Å². The second-order valence-corrected chi connectivity index (χ2v) is 8.23. The lowest BCUT2D eigenvalue weighted by Crippen LogP contribution is -2.37. The Labute approximate surface area is 214 Å². The van der Waals surface area contributed by atoms with Crippen LogP contribution >= 0.6 is 11.3 Å². The number of alkyl halides is 3. The summed E-state index contributed by atoms with van der Waals surface area (Å²) in [6.45, 7) is 2.68. The Bertz CT molecular complexity index is 1300. The zero-order valence-corrected chi connectivity index (χ0v) is 21.0. The molecule has 0 unspecified atom stereocenters. The van der Waals surface area contributed by atoms with Crippen LogP contribution in [0.3, 0.4) is 0 Å². The van der Waals surface area contributed by atoms with Crippen LogP contribution in [0.4, 0.5) is 18.0 Å². The van der Waals surface area contributed by atoms with Crippen molar-refractivity contribution >= 4 is 23.3 Å². The SMILES string of the molecule is CCNC(=O)NCCn1c(-c2ccc(OC(F)(F)F)cc2)cs/c1=N\C(=O)c1ccc(OC)cc1OC. The molecule has 3 aromatic rings. The second-order valence-electron chi connectivity index (χ2n) is 7.40. The Morgan fingerprint density at radius 2 is 1.73 bits per heavy atom. The number of ether oxygens (including phenoxy) is 3. The molecule has 2 N–H and O–H groups in total. The van der Waals surface area contributed by atoms with Crippen LogP contribution in [-0.2, 0) is 6.54 Å². The molecule has 0 bridgehead atoms. The standard InChI is InChI=1S/C24H25F3N4O5S/c1-4-28-22(33)29-11-12-31-19(15-5-7-16(8-6-15)36-24(25,26)27)14-37-23(31)30-21(32)18-10-9-17(34-2)13-20(18)35-3/h5-10,13-14H,4,11-12H2,1-3H3,(H2,28,29,33)/b30-23-. The smallest absolute Gasteiger partial charge is 0.497 e. The van der Waals surface area contributed by atoms with Gasteiger partial charge < -0.3 is 29.4 Å². The molecule has 2 aromatic carbocycles. The van der Waals surface area contributed by atoms with Crippen LogP contribution in [0.5, 0.6) is 17.2 Å². The molecule has 13 heteroatoms. The quantitative estimate of drug-likeness (QED) is 0.425. The number of benzene rings is 2. The molecule has 0 aliphatic rings. The van der Waals surface area contributed by atoms with Gasteiger partial charge in [0.15, 0.2) is 4.80 Å². The van der Waals surface area contributed by atoms with E-state index in [1.54, 1.807) is 35.1 Å². The van der Waals surface area contributed by atoms with Crippen LogP contribution in [0, 0.1) is 0 Å². The average molecular weight is 539 g/mol. The first-order chi connectivity index (χ1) is 17.6. The molecule has 1 heterocycles. The lowest BCUT2D eigenvalue weighted by Gasteiger charge is -2.12. The molecule has 1 aromatic heterocycles. The van der Waals surface area contributed by atoms with Gasteiger partial charge in [0, 0.05) is 31.1 Å². The molecule has 0 saturated carbocycles. The highest BCUT2D eigenvalue weighted by molar-refractivity contribution is 7.07. The lowest BCUT2D eigenvalue weighted by molar-refractivity contribution is -0.274. The Balaban J connectivity index is 1.97. The summed E-state index contributed by atoms with van der Waals surface area (Å²) >= 11 is 1.17. The van der Waals surface area contributed by atoms with Crippen LogP contribution in [0.2, 0.25) is 0 Å². The van der Waals surface area contributed by atoms with E-state index in [1.165, 1.54) is 49.8 Å². The van der Waals surface area contributed by atoms with Gasteiger partial charge in [-0.1, -0.05) is 0 Å². The largest absolute Gasteiger partial charge is 0.573 e. The van der Waals surface area contributed by atoms with Gasteiger partial charge in [0.1, 0.15) is 17.2 Å². The predicted molar refractivity (Wildman–Crippen MR) is 131 cm³/mol. The molecular weight excluding hydrogens is 513 g/mol. The number of nitrogens with one attached hydrogen (secondary N) is 2. The fourth-order valence-corrected chi connectivity index (χ4v) is 4.25. The molecule has 0 saturated heterocycles. The summed E-state index contributed by atoms with van der Waals surface area (Å²) in [6.07, 6.45) is -4.80. The third-order valence-electron chi connectivity index (χ3n) is 4.98. The molecule has 0 atom stereocenters. The van der Waals surface area contributed by atoms with E-state index >= 15 is 0 Å². The number of amides is 3. The number of nitrogens with zero attached hydrogens (tertiary/aromatic N) is 2. The molecule has 37 heavy (non-hydrogen) atoms. The van der Waals surface area contributed by atoms with Crippen molar-refractivity contribution in [3.05, 3.63) is 58.2 Å². The van der Waals surface area contributed by atoms with Gasteiger partial charge >= 0.3 is 12.4 Å². The van der Waals surface area contributed by atoms with Gasteiger partial charge in [-0.3, -0.25) is 4.79 Å². The van der Waals surface area contributed by atoms with Gasteiger partial charge in [0.05, 0.1) is 25.5 Å². The Morgan fingerprint density at radius 1 is 1.03 bits per heavy atom. The molecular formula is C24H25F3N4O5S. The van der Waals surface area contributed by atoms with Gasteiger partial charge in [0.25, 0.3) is 5.91 Å². The van der Waals surface area contributed by atoms with Crippen LogP contribution in [0.25, 0.3) is 11.3 Å². The van der Waals surface area contributed by atoms with Crippen molar-refractivity contribution in [2.75, 3.05) is 27.3 Å². The molecule has 3 rings (SSSR count). The summed E-state index contributed by atoms with van der Waals surface area (Å²) in [5.74, 6) is -0.124. The number of methoxy groups -OCH3 is 2. The molecule has 198 valence electrons. The molecule has 0 spiro atoms. The first-order valence-electron chi connectivity index (χ1n) is 11.0. The third kappa shape index (κ3) is 7.49. The van der Waals surface area contributed by atoms with Gasteiger partial charge in [-0.25, -0.2) is 4.79 Å². The van der Waals surface area contributed by atoms with Crippen molar-refractivity contribution < 1.29 is 37.0 Å². The molecule has 0 radical (unpaired) electrons. The number of hydrogen-bond donors (Lipinski definition) is 2. The van der Waals surface area contributed by atoms with Gasteiger partial charge in [-0.2, -0.15) is 4.99 Å². The van der Waals surface area contributed by atoms with E-state index in [0.717, 1.165) is 0 Å². The summed E-state index contributed by atoms with van der Waals surface area (Å²) in [6, 6.07) is 9.69. The number of carbonyl (C=O) groups is 2. The van der Waals surface area contributed by atoms with Crippen molar-refractivity contribution in [3.63, 3.8) is 0 Å². The van der Waals surface area contributed by atoms with Gasteiger partial charge in [-0.05, 0) is 48.9 Å². The minimum absolute atomic E-state index is 0.206. The third-order valence-corrected chi connectivity index (χ3v) is 5.84. The number of halogens is 3. The normalized spacial score (nSPS) is 11.7. The first-order valence-corrected chi connectivity index (χ1v) is 11.9. The maximum atomic E-state index is 13.0. The molecule has 3 amide bonds. The Hall–Kier alpha value is -4.00. The Kier molecular flexibility index (Phi) is 9.17. The van der Waals surface area contributed by atoms with E-state index in [0.29, 0.717) is 28.4 Å². The summed E-state index contributed by atoms with van der Waals surface area (Å²) in [5.41, 5.74) is 1.38. The predicted octanol–water partition coefficient (Wildman–Crippen LogP) is 4.19. The van der Waals surface area contributed by atoms with Crippen molar-refractivity contribution in [1.29, 1.82) is 0 Å². The summed E-state index contributed by atoms with van der Waals surface area (Å²) in [5, 5.41) is 7.05. The Morgan fingerprint density at radius 3 is 2.35 bits per heavy atom. The summed E-state index contributed by atoms with van der Waals surface area (Å²) in [7, 11) is 2.92. The zero-order valence-electron chi connectivity index (χ0n) is 20.2. The van der Waals surface area contributed by atoms with Crippen LogP contribution < -0.4 is 29.6 Å². The maximum Gasteiger partial charge on any atom is 0.573 e. The molecule has 0 aliphatic heterocycles. The monoisotopic (exact) mass is 538 g/mol. The van der Waals surface area contributed by atoms with E-state index in [2.05, 4.69) is 20.4 Å². The van der Waals surface area contributed by atoms with E-state index in [9.17, 15) is 22.8 Å². The van der Waals surface area contributed by atoms with Crippen molar-refractivity contribution in [3.8, 4) is 28.5 Å². The number of carbonyl (C=O) groups excluding carboxylic acids is 2. The summed E-state index contributed by atoms with van der Waals surface area (Å²) < 4.78 is 53.7. The lowest BCUT2D eigenvalue weighted by atomic mass is 10.1. The van der Waals surface area contributed by atoms with Gasteiger partial charge in [-0.15, -0.1) is 24.5 Å². The zero-order chi connectivity index (χ0) is 27.0. The van der Waals surface area contributed by atoms with E-state index in [1.807, 2.05) is 0 Å². The average Bonchev–Trinajstić information content (AvgIpc) is 3.25. The van der Waals surface area contributed by atoms with Gasteiger partial charge in [0.2, 0.25) is 0 Å². The topological polar surface area (TPSA) is 103 Å². The van der Waals surface area contributed by atoms with E-state index in [-0.39, 0.29) is 36.2 Å². The minimum atomic E-state index is -4.80. The molecule has 0 aliphatic carbocycles. The highest BCUT2D eigenvalue weighted by atomic mass is 32.1. The highest BCUT2D eigenvalue weighted by Crippen LogP contribution is 2.28. The minimum Gasteiger partial charge on any atom is -0.497 e. The number of rotatable bonds is 9. The van der Waals surface area contributed by atoms with E-state index in [4.69, 9.17) is 9.47 Å². The summed E-state index contributed by atoms with van der Waals surface area (Å²) in [4.78, 5) is 29.4. The number of thiazole rings is 1. The van der Waals surface area contributed by atoms with Crippen molar-refractivity contribution in [1.82, 2.24) is 15.2 Å². The van der Waals surface area contributed by atoms with Crippen molar-refractivity contribution in [2.24, 2.45) is 4.99 Å². The molecule has 9 nitrogen and oxygen atoms in total. The molecule has 0 fully saturated rings. The number of hydrogen-bond acceptors (Lipinski definition) is 6. The second kappa shape index (κ2) is 12.3. The van der Waals surface area contributed by atoms with Crippen LogP contribution in [0.1, 0.15) is 17.3 Å². The fraction of sp³-hybridized carbons (Fsp3) is 0.292. The number of urea groups is 1. The van der Waals surface area contributed by atoms with E-state index < -0.39 is 12.3 Å².